The van der Waals surface area contributed by atoms with E-state index < -0.39 is 5.82 Å². The standard InChI is InChI=1S/C21H19FN6O3/c22-13-6-12(7-23-8-13)16-9-25-17(10-24-16)26-18(29)11-27-5-1-2-15-19(27)21(31)28(20(15)30)14-3-4-14/h6-10,14H,1-5,11H2,(H,25,26,29). The van der Waals surface area contributed by atoms with Gasteiger partial charge in [0.25, 0.3) is 11.8 Å². The van der Waals surface area contributed by atoms with Gasteiger partial charge in [-0.05, 0) is 31.7 Å². The van der Waals surface area contributed by atoms with Crippen molar-refractivity contribution in [2.75, 3.05) is 18.4 Å². The lowest BCUT2D eigenvalue weighted by molar-refractivity contribution is -0.138. The van der Waals surface area contributed by atoms with Crippen molar-refractivity contribution >= 4 is 23.5 Å². The van der Waals surface area contributed by atoms with E-state index in [0.717, 1.165) is 19.0 Å². The predicted molar refractivity (Wildman–Crippen MR) is 107 cm³/mol. The van der Waals surface area contributed by atoms with Crippen molar-refractivity contribution in [1.29, 1.82) is 0 Å². The average Bonchev–Trinajstić information content (AvgIpc) is 3.55. The summed E-state index contributed by atoms with van der Waals surface area (Å²) in [6, 6.07) is 1.30. The molecule has 0 atom stereocenters. The molecule has 0 saturated heterocycles. The zero-order valence-electron chi connectivity index (χ0n) is 16.5. The number of anilines is 1. The van der Waals surface area contributed by atoms with Crippen molar-refractivity contribution in [3.05, 3.63) is 47.9 Å². The molecule has 1 saturated carbocycles. The highest BCUT2D eigenvalue weighted by Crippen LogP contribution is 2.38. The monoisotopic (exact) mass is 422 g/mol. The van der Waals surface area contributed by atoms with Crippen molar-refractivity contribution in [2.24, 2.45) is 0 Å². The van der Waals surface area contributed by atoms with Gasteiger partial charge in [0.15, 0.2) is 5.82 Å². The molecule has 2 aliphatic heterocycles. The number of rotatable bonds is 5. The van der Waals surface area contributed by atoms with Gasteiger partial charge in [0.2, 0.25) is 5.91 Å². The number of carbonyl (C=O) groups is 3. The number of imide groups is 1. The average molecular weight is 422 g/mol. The van der Waals surface area contributed by atoms with Crippen LogP contribution in [0, 0.1) is 5.82 Å². The molecule has 0 aromatic carbocycles. The maximum Gasteiger partial charge on any atom is 0.277 e. The lowest BCUT2D eigenvalue weighted by Crippen LogP contribution is -2.40. The highest BCUT2D eigenvalue weighted by molar-refractivity contribution is 6.19. The zero-order valence-corrected chi connectivity index (χ0v) is 16.5. The molecular formula is C21H19FN6O3. The van der Waals surface area contributed by atoms with Crippen LogP contribution in [0.2, 0.25) is 0 Å². The predicted octanol–water partition coefficient (Wildman–Crippen LogP) is 1.50. The SMILES string of the molecule is O=C(CN1CCCC2=C1C(=O)N(C1CC1)C2=O)Nc1cnc(-c2cncc(F)c2)cn1. The highest BCUT2D eigenvalue weighted by Gasteiger charge is 2.48. The molecule has 0 bridgehead atoms. The Kier molecular flexibility index (Phi) is 4.68. The molecule has 31 heavy (non-hydrogen) atoms. The molecule has 0 spiro atoms. The fraction of sp³-hybridized carbons (Fsp3) is 0.333. The summed E-state index contributed by atoms with van der Waals surface area (Å²) in [6.07, 6.45) is 8.32. The Hall–Kier alpha value is -3.69. The lowest BCUT2D eigenvalue weighted by atomic mass is 10.0. The highest BCUT2D eigenvalue weighted by atomic mass is 19.1. The number of aromatic nitrogens is 3. The molecule has 2 aromatic rings. The number of nitrogens with one attached hydrogen (secondary N) is 1. The van der Waals surface area contributed by atoms with Gasteiger partial charge in [-0.15, -0.1) is 0 Å². The van der Waals surface area contributed by atoms with E-state index in [1.165, 1.54) is 29.6 Å². The van der Waals surface area contributed by atoms with Gasteiger partial charge in [0.05, 0.1) is 30.8 Å². The Balaban J connectivity index is 1.26. The molecular weight excluding hydrogens is 403 g/mol. The lowest BCUT2D eigenvalue weighted by Gasteiger charge is -2.28. The summed E-state index contributed by atoms with van der Waals surface area (Å²) in [7, 11) is 0. The summed E-state index contributed by atoms with van der Waals surface area (Å²) < 4.78 is 13.3. The molecule has 9 nitrogen and oxygen atoms in total. The first-order valence-corrected chi connectivity index (χ1v) is 10.1. The summed E-state index contributed by atoms with van der Waals surface area (Å²) in [4.78, 5) is 53.1. The maximum absolute atomic E-state index is 13.3. The van der Waals surface area contributed by atoms with Gasteiger partial charge >= 0.3 is 0 Å². The van der Waals surface area contributed by atoms with Gasteiger partial charge in [-0.3, -0.25) is 29.3 Å². The van der Waals surface area contributed by atoms with Crippen LogP contribution in [0.5, 0.6) is 0 Å². The van der Waals surface area contributed by atoms with Crippen molar-refractivity contribution in [1.82, 2.24) is 24.8 Å². The first kappa shape index (κ1) is 19.3. The molecule has 0 unspecified atom stereocenters. The minimum Gasteiger partial charge on any atom is -0.357 e. The van der Waals surface area contributed by atoms with Gasteiger partial charge in [-0.25, -0.2) is 9.37 Å². The summed E-state index contributed by atoms with van der Waals surface area (Å²) in [6.45, 7) is 0.467. The smallest absolute Gasteiger partial charge is 0.277 e. The molecule has 2 aromatic heterocycles. The number of hydrogen-bond donors (Lipinski definition) is 1. The molecule has 0 radical (unpaired) electrons. The van der Waals surface area contributed by atoms with Crippen LogP contribution in [0.3, 0.4) is 0 Å². The second-order valence-electron chi connectivity index (χ2n) is 7.79. The molecule has 1 N–H and O–H groups in total. The molecule has 4 heterocycles. The molecule has 10 heteroatoms. The van der Waals surface area contributed by atoms with E-state index in [1.54, 1.807) is 4.90 Å². The van der Waals surface area contributed by atoms with Crippen LogP contribution in [0.4, 0.5) is 10.2 Å². The number of nitrogens with zero attached hydrogens (tertiary/aromatic N) is 5. The summed E-state index contributed by atoms with van der Waals surface area (Å²) in [5.74, 6) is -1.11. The van der Waals surface area contributed by atoms with E-state index in [9.17, 15) is 18.8 Å². The number of hydrogen-bond acceptors (Lipinski definition) is 7. The van der Waals surface area contributed by atoms with Crippen LogP contribution in [0.1, 0.15) is 25.7 Å². The zero-order chi connectivity index (χ0) is 21.5. The van der Waals surface area contributed by atoms with Crippen molar-refractivity contribution in [2.45, 2.75) is 31.7 Å². The quantitative estimate of drug-likeness (QED) is 0.728. The van der Waals surface area contributed by atoms with E-state index >= 15 is 0 Å². The van der Waals surface area contributed by atoms with Gasteiger partial charge in [0.1, 0.15) is 11.5 Å². The topological polar surface area (TPSA) is 108 Å². The van der Waals surface area contributed by atoms with Crippen molar-refractivity contribution in [3.8, 4) is 11.3 Å². The van der Waals surface area contributed by atoms with Gasteiger partial charge in [-0.1, -0.05) is 0 Å². The fourth-order valence-corrected chi connectivity index (χ4v) is 3.96. The van der Waals surface area contributed by atoms with Crippen LogP contribution in [0.25, 0.3) is 11.3 Å². The molecule has 158 valence electrons. The first-order valence-electron chi connectivity index (χ1n) is 10.1. The third kappa shape index (κ3) is 3.65. The fourth-order valence-electron chi connectivity index (χ4n) is 3.96. The third-order valence-corrected chi connectivity index (χ3v) is 5.52. The number of pyridine rings is 1. The number of carbonyl (C=O) groups excluding carboxylic acids is 3. The van der Waals surface area contributed by atoms with Gasteiger partial charge in [0, 0.05) is 29.9 Å². The Morgan fingerprint density at radius 3 is 2.68 bits per heavy atom. The normalized spacial score (nSPS) is 18.5. The second-order valence-corrected chi connectivity index (χ2v) is 7.79. The minimum atomic E-state index is -0.480. The largest absolute Gasteiger partial charge is 0.357 e. The maximum atomic E-state index is 13.3. The van der Waals surface area contributed by atoms with Gasteiger partial charge in [-0.2, -0.15) is 0 Å². The van der Waals surface area contributed by atoms with E-state index in [0.29, 0.717) is 41.9 Å². The molecule has 3 amide bonds. The molecule has 1 aliphatic carbocycles. The summed E-state index contributed by atoms with van der Waals surface area (Å²) in [5.41, 5.74) is 1.77. The third-order valence-electron chi connectivity index (χ3n) is 5.52. The van der Waals surface area contributed by atoms with Crippen molar-refractivity contribution < 1.29 is 18.8 Å². The van der Waals surface area contributed by atoms with E-state index in [2.05, 4.69) is 20.3 Å². The van der Waals surface area contributed by atoms with Crippen molar-refractivity contribution in [3.63, 3.8) is 0 Å². The second kappa shape index (κ2) is 7.53. The van der Waals surface area contributed by atoms with Crippen LogP contribution >= 0.6 is 0 Å². The Morgan fingerprint density at radius 1 is 1.13 bits per heavy atom. The molecule has 5 rings (SSSR count). The van der Waals surface area contributed by atoms with Crippen LogP contribution in [-0.2, 0) is 14.4 Å². The van der Waals surface area contributed by atoms with Crippen LogP contribution in [0.15, 0.2) is 42.1 Å². The Morgan fingerprint density at radius 2 is 1.97 bits per heavy atom. The number of amides is 3. The Bertz CT molecular complexity index is 1110. The van der Waals surface area contributed by atoms with Crippen LogP contribution in [-0.4, -0.2) is 61.6 Å². The summed E-state index contributed by atoms with van der Waals surface area (Å²) >= 11 is 0. The van der Waals surface area contributed by atoms with E-state index in [1.807, 2.05) is 0 Å². The van der Waals surface area contributed by atoms with E-state index in [-0.39, 0.29) is 36.1 Å². The van der Waals surface area contributed by atoms with Crippen LogP contribution < -0.4 is 5.32 Å². The molecule has 1 fully saturated rings. The van der Waals surface area contributed by atoms with Gasteiger partial charge < -0.3 is 10.2 Å². The minimum absolute atomic E-state index is 0.00311. The number of halogens is 1. The Labute approximate surface area is 177 Å². The summed E-state index contributed by atoms with van der Waals surface area (Å²) in [5, 5.41) is 2.66. The first-order chi connectivity index (χ1) is 15.0. The molecule has 3 aliphatic rings. The van der Waals surface area contributed by atoms with E-state index in [4.69, 9.17) is 0 Å².